The van der Waals surface area contributed by atoms with Gasteiger partial charge in [0, 0.05) is 18.3 Å². The summed E-state index contributed by atoms with van der Waals surface area (Å²) < 4.78 is 0. The van der Waals surface area contributed by atoms with Crippen molar-refractivity contribution in [3.8, 4) is 0 Å². The lowest BCUT2D eigenvalue weighted by Gasteiger charge is -2.22. The third kappa shape index (κ3) is 3.17. The van der Waals surface area contributed by atoms with E-state index in [2.05, 4.69) is 60.5 Å². The van der Waals surface area contributed by atoms with Crippen molar-refractivity contribution >= 4 is 0 Å². The van der Waals surface area contributed by atoms with Gasteiger partial charge in [-0.05, 0) is 31.0 Å². The Hall–Kier alpha value is -1.67. The average Bonchev–Trinajstić information content (AvgIpc) is 2.46. The highest BCUT2D eigenvalue weighted by Gasteiger charge is 2.13. The smallest absolute Gasteiger partial charge is 0.0570 e. The first kappa shape index (κ1) is 12.8. The molecule has 2 heteroatoms. The molecule has 18 heavy (non-hydrogen) atoms. The first-order chi connectivity index (χ1) is 8.81. The number of rotatable bonds is 5. The van der Waals surface area contributed by atoms with Crippen LogP contribution in [0.15, 0.2) is 54.7 Å². The van der Waals surface area contributed by atoms with Gasteiger partial charge in [-0.15, -0.1) is 0 Å². The number of nitrogens with one attached hydrogen (secondary N) is 1. The number of aromatic nitrogens is 1. The summed E-state index contributed by atoms with van der Waals surface area (Å²) >= 11 is 0. The van der Waals surface area contributed by atoms with Crippen molar-refractivity contribution in [1.29, 1.82) is 0 Å². The number of nitrogens with zero attached hydrogens (tertiary/aromatic N) is 1. The Bertz CT molecular complexity index is 453. The Morgan fingerprint density at radius 1 is 1.06 bits per heavy atom. The van der Waals surface area contributed by atoms with E-state index in [4.69, 9.17) is 0 Å². The first-order valence-electron chi connectivity index (χ1n) is 6.53. The molecular formula is C16H20N2. The van der Waals surface area contributed by atoms with Gasteiger partial charge < -0.3 is 5.32 Å². The monoisotopic (exact) mass is 240 g/mol. The van der Waals surface area contributed by atoms with Gasteiger partial charge in [0.2, 0.25) is 0 Å². The summed E-state index contributed by atoms with van der Waals surface area (Å²) in [7, 11) is 0. The van der Waals surface area contributed by atoms with Crippen LogP contribution in [0.2, 0.25) is 0 Å². The summed E-state index contributed by atoms with van der Waals surface area (Å²) in [4.78, 5) is 4.40. The molecule has 1 aromatic carbocycles. The molecule has 2 nitrogen and oxygen atoms in total. The molecule has 0 saturated carbocycles. The summed E-state index contributed by atoms with van der Waals surface area (Å²) in [5.41, 5.74) is 2.43. The number of pyridine rings is 1. The van der Waals surface area contributed by atoms with Crippen molar-refractivity contribution in [1.82, 2.24) is 10.3 Å². The highest BCUT2D eigenvalue weighted by molar-refractivity contribution is 5.19. The molecule has 94 valence electrons. The van der Waals surface area contributed by atoms with Gasteiger partial charge in [0.25, 0.3) is 0 Å². The average molecular weight is 240 g/mol. The maximum absolute atomic E-state index is 4.40. The third-order valence-electron chi connectivity index (χ3n) is 3.19. The van der Waals surface area contributed by atoms with E-state index in [1.807, 2.05) is 18.3 Å². The van der Waals surface area contributed by atoms with Crippen molar-refractivity contribution in [3.05, 3.63) is 66.0 Å². The Morgan fingerprint density at radius 3 is 2.39 bits per heavy atom. The molecule has 1 heterocycles. The number of hydrogen-bond donors (Lipinski definition) is 1. The molecular weight excluding hydrogens is 220 g/mol. The minimum Gasteiger partial charge on any atom is -0.302 e. The standard InChI is InChI=1S/C16H20N2/c1-3-15(14-9-5-4-6-10-14)18-13(2)16-11-7-8-12-17-16/h4-13,15,18H,3H2,1-2H3/t13-,15?/m1/s1. The van der Waals surface area contributed by atoms with Gasteiger partial charge in [0.15, 0.2) is 0 Å². The van der Waals surface area contributed by atoms with Gasteiger partial charge >= 0.3 is 0 Å². The molecule has 1 unspecified atom stereocenters. The number of hydrogen-bond acceptors (Lipinski definition) is 2. The van der Waals surface area contributed by atoms with E-state index >= 15 is 0 Å². The molecule has 0 spiro atoms. The van der Waals surface area contributed by atoms with Crippen LogP contribution >= 0.6 is 0 Å². The fourth-order valence-electron chi connectivity index (χ4n) is 2.15. The molecule has 0 aliphatic carbocycles. The van der Waals surface area contributed by atoms with Crippen molar-refractivity contribution in [2.24, 2.45) is 0 Å². The quantitative estimate of drug-likeness (QED) is 0.857. The Balaban J connectivity index is 2.07. The largest absolute Gasteiger partial charge is 0.302 e. The zero-order valence-electron chi connectivity index (χ0n) is 11.0. The summed E-state index contributed by atoms with van der Waals surface area (Å²) in [6.45, 7) is 4.36. The molecule has 0 saturated heterocycles. The van der Waals surface area contributed by atoms with E-state index in [9.17, 15) is 0 Å². The fraction of sp³-hybridized carbons (Fsp3) is 0.312. The number of benzene rings is 1. The maximum atomic E-state index is 4.40. The molecule has 0 fully saturated rings. The first-order valence-corrected chi connectivity index (χ1v) is 6.53. The topological polar surface area (TPSA) is 24.9 Å². The van der Waals surface area contributed by atoms with E-state index in [1.165, 1.54) is 5.56 Å². The van der Waals surface area contributed by atoms with Gasteiger partial charge in [-0.25, -0.2) is 0 Å². The van der Waals surface area contributed by atoms with Gasteiger partial charge in [-0.2, -0.15) is 0 Å². The van der Waals surface area contributed by atoms with Crippen molar-refractivity contribution in [2.75, 3.05) is 0 Å². The lowest BCUT2D eigenvalue weighted by Crippen LogP contribution is -2.24. The van der Waals surface area contributed by atoms with E-state index in [0.717, 1.165) is 12.1 Å². The van der Waals surface area contributed by atoms with Crippen molar-refractivity contribution < 1.29 is 0 Å². The van der Waals surface area contributed by atoms with Crippen molar-refractivity contribution in [2.45, 2.75) is 32.4 Å². The zero-order valence-corrected chi connectivity index (χ0v) is 11.0. The second-order valence-electron chi connectivity index (χ2n) is 4.51. The zero-order chi connectivity index (χ0) is 12.8. The van der Waals surface area contributed by atoms with Crippen LogP contribution in [0.3, 0.4) is 0 Å². The summed E-state index contributed by atoms with van der Waals surface area (Å²) in [5.74, 6) is 0. The molecule has 0 radical (unpaired) electrons. The second-order valence-corrected chi connectivity index (χ2v) is 4.51. The molecule has 2 aromatic rings. The predicted molar refractivity (Wildman–Crippen MR) is 75.3 cm³/mol. The SMILES string of the molecule is CCC(N[C@H](C)c1ccccn1)c1ccccc1. The molecule has 0 amide bonds. The van der Waals surface area contributed by atoms with Gasteiger partial charge in [0.05, 0.1) is 5.69 Å². The van der Waals surface area contributed by atoms with Crippen LogP contribution in [0.4, 0.5) is 0 Å². The van der Waals surface area contributed by atoms with Crippen LogP contribution in [0.25, 0.3) is 0 Å². The van der Waals surface area contributed by atoms with Crippen molar-refractivity contribution in [3.63, 3.8) is 0 Å². The van der Waals surface area contributed by atoms with Gasteiger partial charge in [0.1, 0.15) is 0 Å². The molecule has 0 aliphatic heterocycles. The molecule has 2 atom stereocenters. The minimum atomic E-state index is 0.261. The van der Waals surface area contributed by atoms with Crippen LogP contribution in [-0.4, -0.2) is 4.98 Å². The van der Waals surface area contributed by atoms with E-state index < -0.39 is 0 Å². The van der Waals surface area contributed by atoms with Gasteiger partial charge in [-0.1, -0.05) is 43.3 Å². The maximum Gasteiger partial charge on any atom is 0.0570 e. The third-order valence-corrected chi connectivity index (χ3v) is 3.19. The molecule has 0 aliphatic rings. The lowest BCUT2D eigenvalue weighted by molar-refractivity contribution is 0.450. The molecule has 1 aromatic heterocycles. The van der Waals surface area contributed by atoms with Gasteiger partial charge in [-0.3, -0.25) is 4.98 Å². The van der Waals surface area contributed by atoms with E-state index in [0.29, 0.717) is 6.04 Å². The second kappa shape index (κ2) is 6.31. The summed E-state index contributed by atoms with van der Waals surface area (Å²) in [6.07, 6.45) is 2.91. The predicted octanol–water partition coefficient (Wildman–Crippen LogP) is 3.88. The summed E-state index contributed by atoms with van der Waals surface area (Å²) in [6, 6.07) is 17.3. The fourth-order valence-corrected chi connectivity index (χ4v) is 2.15. The van der Waals surface area contributed by atoms with Crippen LogP contribution in [0.1, 0.15) is 43.6 Å². The normalized spacial score (nSPS) is 14.1. The molecule has 2 rings (SSSR count). The Labute approximate surface area is 109 Å². The molecule has 0 bridgehead atoms. The highest BCUT2D eigenvalue weighted by Crippen LogP contribution is 2.20. The minimum absolute atomic E-state index is 0.261. The summed E-state index contributed by atoms with van der Waals surface area (Å²) in [5, 5.41) is 3.64. The molecule has 1 N–H and O–H groups in total. The Kier molecular flexibility index (Phi) is 4.48. The highest BCUT2D eigenvalue weighted by atomic mass is 15.0. The Morgan fingerprint density at radius 2 is 1.78 bits per heavy atom. The lowest BCUT2D eigenvalue weighted by atomic mass is 10.0. The van der Waals surface area contributed by atoms with Crippen LogP contribution < -0.4 is 5.32 Å². The van der Waals surface area contributed by atoms with Crippen LogP contribution in [0.5, 0.6) is 0 Å². The van der Waals surface area contributed by atoms with E-state index in [1.54, 1.807) is 0 Å². The van der Waals surface area contributed by atoms with Crippen LogP contribution in [0, 0.1) is 0 Å². The van der Waals surface area contributed by atoms with Crippen LogP contribution in [-0.2, 0) is 0 Å². The van der Waals surface area contributed by atoms with E-state index in [-0.39, 0.29) is 6.04 Å².